The predicted molar refractivity (Wildman–Crippen MR) is 142 cm³/mol. The van der Waals surface area contributed by atoms with Crippen LogP contribution in [0.1, 0.15) is 63.1 Å². The first-order valence-electron chi connectivity index (χ1n) is 12.4. The number of anilines is 3. The summed E-state index contributed by atoms with van der Waals surface area (Å²) in [7, 11) is -3.58. The number of likely N-dealkylation sites (tertiary alicyclic amines) is 1. The second-order valence-corrected chi connectivity index (χ2v) is 10.9. The molecule has 0 atom stereocenters. The van der Waals surface area contributed by atoms with Crippen LogP contribution in [0.2, 0.25) is 0 Å². The van der Waals surface area contributed by atoms with E-state index in [9.17, 15) is 27.4 Å². The molecule has 0 aromatic heterocycles. The molecule has 2 aliphatic rings. The number of nitrogens with two attached hydrogens (primary N) is 1. The maximum atomic E-state index is 13.5. The maximum absolute atomic E-state index is 13.5. The molecule has 1 heterocycles. The van der Waals surface area contributed by atoms with Gasteiger partial charge in [0.15, 0.2) is 11.6 Å². The van der Waals surface area contributed by atoms with Crippen molar-refractivity contribution in [1.82, 2.24) is 4.90 Å². The van der Waals surface area contributed by atoms with Gasteiger partial charge in [0.05, 0.1) is 34.5 Å². The van der Waals surface area contributed by atoms with Gasteiger partial charge in [-0.05, 0) is 37.1 Å². The Kier molecular flexibility index (Phi) is 8.72. The Morgan fingerprint density at radius 2 is 1.65 bits per heavy atom. The van der Waals surface area contributed by atoms with Gasteiger partial charge in [0, 0.05) is 41.9 Å². The quantitative estimate of drug-likeness (QED) is 0.192. The van der Waals surface area contributed by atoms with Crippen LogP contribution >= 0.6 is 0 Å². The molecular formula is C28H26N3NaO7S. The Bertz CT molecular complexity index is 1640. The van der Waals surface area contributed by atoms with Crippen molar-refractivity contribution in [3.8, 4) is 5.75 Å². The van der Waals surface area contributed by atoms with Gasteiger partial charge in [-0.1, -0.05) is 30.7 Å². The third-order valence-electron chi connectivity index (χ3n) is 7.06. The van der Waals surface area contributed by atoms with Gasteiger partial charge >= 0.3 is 29.6 Å². The summed E-state index contributed by atoms with van der Waals surface area (Å²) in [5, 5.41) is 3.02. The number of rotatable bonds is 6. The number of fused-ring (bicyclic) bond motifs is 2. The fourth-order valence-corrected chi connectivity index (χ4v) is 5.78. The Balaban J connectivity index is 0.00000370. The Hall–Kier alpha value is -3.22. The zero-order valence-corrected chi connectivity index (χ0v) is 25.0. The Morgan fingerprint density at radius 1 is 0.975 bits per heavy atom. The monoisotopic (exact) mass is 571 g/mol. The van der Waals surface area contributed by atoms with E-state index in [-0.39, 0.29) is 63.4 Å². The number of nitrogens with one attached hydrogen (secondary N) is 1. The SMILES string of the molecule is COc1ccc(Nc2cc(S(=O)(=O)[O-])c(N)c3c2C(=O)c2ccccc2C3=O)cc1CN1CCCCCC1=O.[Na+]. The largest absolute Gasteiger partial charge is 1.00 e. The standard InChI is InChI=1S/C28H27N3O7S.Na/c1-38-21-11-10-17(13-16(21)15-31-12-6-2-3-9-23(31)32)30-20-14-22(39(35,36)37)26(29)25-24(20)27(33)18-7-4-5-8-19(18)28(25)34;/h4-5,7-8,10-11,13-14,30H,2-3,6,9,12,15,29H2,1H3,(H,35,36,37);/q;+1/p-1. The van der Waals surface area contributed by atoms with Crippen molar-refractivity contribution < 1.29 is 61.6 Å². The minimum absolute atomic E-state index is 0. The van der Waals surface area contributed by atoms with Gasteiger partial charge in [0.2, 0.25) is 5.91 Å². The molecule has 202 valence electrons. The molecule has 12 heteroatoms. The number of ether oxygens (including phenoxy) is 1. The summed E-state index contributed by atoms with van der Waals surface area (Å²) >= 11 is 0. The van der Waals surface area contributed by atoms with Gasteiger partial charge in [-0.3, -0.25) is 14.4 Å². The normalized spacial score (nSPS) is 15.1. The van der Waals surface area contributed by atoms with Crippen LogP contribution < -0.4 is 45.3 Å². The van der Waals surface area contributed by atoms with E-state index >= 15 is 0 Å². The summed E-state index contributed by atoms with van der Waals surface area (Å²) < 4.78 is 41.7. The van der Waals surface area contributed by atoms with E-state index in [1.807, 2.05) is 0 Å². The average Bonchev–Trinajstić information content (AvgIpc) is 3.11. The first kappa shape index (κ1) is 29.8. The van der Waals surface area contributed by atoms with Crippen molar-refractivity contribution in [3.05, 3.63) is 76.3 Å². The number of benzene rings is 3. The molecule has 0 unspecified atom stereocenters. The summed E-state index contributed by atoms with van der Waals surface area (Å²) in [4.78, 5) is 40.5. The molecule has 0 saturated carbocycles. The fourth-order valence-electron chi connectivity index (χ4n) is 5.15. The van der Waals surface area contributed by atoms with Gasteiger partial charge in [-0.2, -0.15) is 0 Å². The second kappa shape index (κ2) is 11.7. The Labute approximate surface area is 253 Å². The van der Waals surface area contributed by atoms with Gasteiger partial charge < -0.3 is 25.2 Å². The molecule has 1 fully saturated rings. The van der Waals surface area contributed by atoms with Gasteiger partial charge in [-0.15, -0.1) is 0 Å². The molecule has 3 aromatic rings. The molecule has 1 saturated heterocycles. The third kappa shape index (κ3) is 5.52. The van der Waals surface area contributed by atoms with Crippen molar-refractivity contribution in [2.24, 2.45) is 0 Å². The van der Waals surface area contributed by atoms with E-state index in [4.69, 9.17) is 10.5 Å². The predicted octanol–water partition coefficient (Wildman–Crippen LogP) is 0.607. The number of hydrogen-bond donors (Lipinski definition) is 2. The number of ketones is 2. The topological polar surface area (TPSA) is 159 Å². The van der Waals surface area contributed by atoms with E-state index in [0.717, 1.165) is 25.3 Å². The molecule has 3 N–H and O–H groups in total. The molecule has 0 spiro atoms. The van der Waals surface area contributed by atoms with Crippen LogP contribution in [0.3, 0.4) is 0 Å². The number of carbonyl (C=O) groups is 3. The van der Waals surface area contributed by atoms with E-state index in [1.54, 1.807) is 35.2 Å². The summed E-state index contributed by atoms with van der Waals surface area (Å²) in [6, 6.07) is 12.2. The van der Waals surface area contributed by atoms with Crippen molar-refractivity contribution in [2.75, 3.05) is 24.7 Å². The molecule has 3 aromatic carbocycles. The maximum Gasteiger partial charge on any atom is 1.00 e. The smallest absolute Gasteiger partial charge is 0.744 e. The number of carbonyl (C=O) groups excluding carboxylic acids is 3. The van der Waals surface area contributed by atoms with Crippen LogP contribution in [-0.4, -0.2) is 49.0 Å². The fraction of sp³-hybridized carbons (Fsp3) is 0.250. The second-order valence-electron chi connectivity index (χ2n) is 9.52. The average molecular weight is 572 g/mol. The van der Waals surface area contributed by atoms with Crippen LogP contribution in [0, 0.1) is 0 Å². The summed E-state index contributed by atoms with van der Waals surface area (Å²) in [5.74, 6) is -0.594. The number of nitrogens with zero attached hydrogens (tertiary/aromatic N) is 1. The summed E-state index contributed by atoms with van der Waals surface area (Å²) in [5.41, 5.74) is 6.28. The van der Waals surface area contributed by atoms with Gasteiger partial charge in [0.1, 0.15) is 15.9 Å². The zero-order valence-electron chi connectivity index (χ0n) is 22.2. The van der Waals surface area contributed by atoms with Crippen molar-refractivity contribution in [1.29, 1.82) is 0 Å². The number of hydrogen-bond acceptors (Lipinski definition) is 9. The molecule has 0 bridgehead atoms. The molecule has 1 aliphatic carbocycles. The van der Waals surface area contributed by atoms with Crippen LogP contribution in [-0.2, 0) is 21.5 Å². The molecule has 10 nitrogen and oxygen atoms in total. The molecular weight excluding hydrogens is 545 g/mol. The number of nitrogen functional groups attached to an aromatic ring is 1. The number of amides is 1. The summed E-state index contributed by atoms with van der Waals surface area (Å²) in [6.45, 7) is 0.911. The van der Waals surface area contributed by atoms with E-state index in [2.05, 4.69) is 5.32 Å². The van der Waals surface area contributed by atoms with Crippen LogP contribution in [0.25, 0.3) is 0 Å². The molecule has 0 radical (unpaired) electrons. The van der Waals surface area contributed by atoms with E-state index < -0.39 is 32.3 Å². The van der Waals surface area contributed by atoms with Gasteiger partial charge in [0.25, 0.3) is 0 Å². The minimum atomic E-state index is -5.09. The van der Waals surface area contributed by atoms with E-state index in [0.29, 0.717) is 36.5 Å². The van der Waals surface area contributed by atoms with Crippen molar-refractivity contribution in [3.63, 3.8) is 0 Å². The van der Waals surface area contributed by atoms with Gasteiger partial charge in [-0.25, -0.2) is 8.42 Å². The first-order chi connectivity index (χ1) is 18.6. The molecule has 1 amide bonds. The first-order valence-corrected chi connectivity index (χ1v) is 13.8. The van der Waals surface area contributed by atoms with Crippen molar-refractivity contribution >= 4 is 44.7 Å². The van der Waals surface area contributed by atoms with Crippen LogP contribution in [0.5, 0.6) is 5.75 Å². The molecule has 1 aliphatic heterocycles. The van der Waals surface area contributed by atoms with Crippen molar-refractivity contribution in [2.45, 2.75) is 37.1 Å². The van der Waals surface area contributed by atoms with Crippen LogP contribution in [0.4, 0.5) is 17.1 Å². The van der Waals surface area contributed by atoms with E-state index in [1.165, 1.54) is 19.2 Å². The Morgan fingerprint density at radius 3 is 2.30 bits per heavy atom. The zero-order chi connectivity index (χ0) is 27.9. The molecule has 5 rings (SSSR count). The number of methoxy groups -OCH3 is 1. The minimum Gasteiger partial charge on any atom is -0.744 e. The third-order valence-corrected chi connectivity index (χ3v) is 7.94. The molecule has 40 heavy (non-hydrogen) atoms. The van der Waals surface area contributed by atoms with Crippen LogP contribution in [0.15, 0.2) is 53.4 Å². The summed E-state index contributed by atoms with van der Waals surface area (Å²) in [6.07, 6.45) is 3.19.